The van der Waals surface area contributed by atoms with Gasteiger partial charge in [0.05, 0.1) is 13.2 Å². The van der Waals surface area contributed by atoms with Gasteiger partial charge in [-0.05, 0) is 48.2 Å². The van der Waals surface area contributed by atoms with Crippen LogP contribution in [-0.2, 0) is 0 Å². The summed E-state index contributed by atoms with van der Waals surface area (Å²) in [6.45, 7) is 9.65. The molecule has 0 N–H and O–H groups in total. The molecule has 0 fully saturated rings. The number of unbranched alkanes of at least 4 members (excludes halogenated alkanes) is 2. The third kappa shape index (κ3) is 6.44. The van der Waals surface area contributed by atoms with Gasteiger partial charge in [0, 0.05) is 5.56 Å². The van der Waals surface area contributed by atoms with Crippen LogP contribution in [0.2, 0.25) is 0 Å². The first-order chi connectivity index (χ1) is 12.8. The normalized spacial score (nSPS) is 10.8. The molecule has 2 heteroatoms. The van der Waals surface area contributed by atoms with Gasteiger partial charge >= 0.3 is 0 Å². The Morgan fingerprint density at radius 2 is 1.58 bits per heavy atom. The van der Waals surface area contributed by atoms with Crippen molar-refractivity contribution in [3.63, 3.8) is 0 Å². The zero-order valence-corrected chi connectivity index (χ0v) is 16.0. The molecular formula is C24H30O2. The SMILES string of the molecule is C=Cc1cccc(C=Cc2cc(OCCCC)ccc2OCCCC)c1. The lowest BCUT2D eigenvalue weighted by Gasteiger charge is -2.12. The Bertz CT molecular complexity index is 716. The van der Waals surface area contributed by atoms with Crippen molar-refractivity contribution in [1.82, 2.24) is 0 Å². The molecular weight excluding hydrogens is 320 g/mol. The first-order valence-electron chi connectivity index (χ1n) is 9.57. The molecule has 0 saturated carbocycles. The summed E-state index contributed by atoms with van der Waals surface area (Å²) < 4.78 is 11.8. The van der Waals surface area contributed by atoms with Crippen LogP contribution in [0.1, 0.15) is 56.2 Å². The van der Waals surface area contributed by atoms with Gasteiger partial charge in [-0.15, -0.1) is 0 Å². The fraction of sp³-hybridized carbons (Fsp3) is 0.333. The molecule has 0 bridgehead atoms. The van der Waals surface area contributed by atoms with Crippen molar-refractivity contribution < 1.29 is 9.47 Å². The minimum absolute atomic E-state index is 0.735. The van der Waals surface area contributed by atoms with Gasteiger partial charge in [0.1, 0.15) is 11.5 Å². The summed E-state index contributed by atoms with van der Waals surface area (Å²) in [5.74, 6) is 1.79. The predicted octanol–water partition coefficient (Wildman–Crippen LogP) is 6.86. The summed E-state index contributed by atoms with van der Waals surface area (Å²) in [4.78, 5) is 0. The van der Waals surface area contributed by atoms with Crippen LogP contribution in [0.15, 0.2) is 49.0 Å². The van der Waals surface area contributed by atoms with E-state index in [1.54, 1.807) is 0 Å². The zero-order chi connectivity index (χ0) is 18.6. The first kappa shape index (κ1) is 19.8. The fourth-order valence-corrected chi connectivity index (χ4v) is 2.51. The first-order valence-corrected chi connectivity index (χ1v) is 9.57. The Kier molecular flexibility index (Phi) is 8.54. The van der Waals surface area contributed by atoms with E-state index in [0.717, 1.165) is 67.1 Å². The lowest BCUT2D eigenvalue weighted by molar-refractivity contribution is 0.300. The molecule has 26 heavy (non-hydrogen) atoms. The highest BCUT2D eigenvalue weighted by Gasteiger charge is 2.04. The van der Waals surface area contributed by atoms with E-state index >= 15 is 0 Å². The van der Waals surface area contributed by atoms with Crippen LogP contribution in [-0.4, -0.2) is 13.2 Å². The molecule has 2 rings (SSSR count). The number of hydrogen-bond acceptors (Lipinski definition) is 2. The second kappa shape index (κ2) is 11.2. The van der Waals surface area contributed by atoms with Gasteiger partial charge in [0.25, 0.3) is 0 Å². The van der Waals surface area contributed by atoms with E-state index in [1.165, 1.54) is 0 Å². The van der Waals surface area contributed by atoms with Gasteiger partial charge in [0.15, 0.2) is 0 Å². The molecule has 2 nitrogen and oxygen atoms in total. The summed E-state index contributed by atoms with van der Waals surface area (Å²) in [6.07, 6.45) is 10.4. The van der Waals surface area contributed by atoms with Crippen LogP contribution >= 0.6 is 0 Å². The lowest BCUT2D eigenvalue weighted by atomic mass is 10.1. The van der Waals surface area contributed by atoms with E-state index in [9.17, 15) is 0 Å². The van der Waals surface area contributed by atoms with Crippen molar-refractivity contribution in [1.29, 1.82) is 0 Å². The third-order valence-corrected chi connectivity index (χ3v) is 4.11. The van der Waals surface area contributed by atoms with Crippen LogP contribution in [0.4, 0.5) is 0 Å². The van der Waals surface area contributed by atoms with Crippen molar-refractivity contribution in [3.05, 3.63) is 65.7 Å². The molecule has 2 aromatic carbocycles. The number of rotatable bonds is 11. The van der Waals surface area contributed by atoms with Crippen molar-refractivity contribution in [2.75, 3.05) is 13.2 Å². The third-order valence-electron chi connectivity index (χ3n) is 4.11. The van der Waals surface area contributed by atoms with Gasteiger partial charge in [-0.2, -0.15) is 0 Å². The van der Waals surface area contributed by atoms with E-state index in [0.29, 0.717) is 0 Å². The second-order valence-corrected chi connectivity index (χ2v) is 6.31. The Labute approximate surface area is 158 Å². The number of benzene rings is 2. The topological polar surface area (TPSA) is 18.5 Å². The largest absolute Gasteiger partial charge is 0.494 e. The van der Waals surface area contributed by atoms with E-state index < -0.39 is 0 Å². The van der Waals surface area contributed by atoms with E-state index in [1.807, 2.05) is 30.3 Å². The van der Waals surface area contributed by atoms with Crippen molar-refractivity contribution >= 4 is 18.2 Å². The predicted molar refractivity (Wildman–Crippen MR) is 113 cm³/mol. The molecule has 138 valence electrons. The van der Waals surface area contributed by atoms with Crippen LogP contribution in [0.5, 0.6) is 11.5 Å². The highest BCUT2D eigenvalue weighted by atomic mass is 16.5. The zero-order valence-electron chi connectivity index (χ0n) is 16.0. The Morgan fingerprint density at radius 1 is 0.846 bits per heavy atom. The average Bonchev–Trinajstić information content (AvgIpc) is 2.68. The highest BCUT2D eigenvalue weighted by molar-refractivity contribution is 5.74. The number of hydrogen-bond donors (Lipinski definition) is 0. The summed E-state index contributed by atoms with van der Waals surface area (Å²) in [5.41, 5.74) is 3.29. The average molecular weight is 351 g/mol. The lowest BCUT2D eigenvalue weighted by Crippen LogP contribution is -2.00. The van der Waals surface area contributed by atoms with Crippen LogP contribution in [0.25, 0.3) is 18.2 Å². The van der Waals surface area contributed by atoms with Crippen LogP contribution < -0.4 is 9.47 Å². The summed E-state index contributed by atoms with van der Waals surface area (Å²) in [6, 6.07) is 14.4. The van der Waals surface area contributed by atoms with Gasteiger partial charge < -0.3 is 9.47 Å². The molecule has 0 spiro atoms. The Balaban J connectivity index is 2.20. The van der Waals surface area contributed by atoms with E-state index in [4.69, 9.17) is 9.47 Å². The van der Waals surface area contributed by atoms with Gasteiger partial charge in [-0.25, -0.2) is 0 Å². The second-order valence-electron chi connectivity index (χ2n) is 6.31. The molecule has 0 saturated heterocycles. The Morgan fingerprint density at radius 3 is 2.31 bits per heavy atom. The maximum atomic E-state index is 5.97. The van der Waals surface area contributed by atoms with Gasteiger partial charge in [0.2, 0.25) is 0 Å². The molecule has 0 aromatic heterocycles. The maximum Gasteiger partial charge on any atom is 0.126 e. The smallest absolute Gasteiger partial charge is 0.126 e. The van der Waals surface area contributed by atoms with Crippen molar-refractivity contribution in [2.45, 2.75) is 39.5 Å². The van der Waals surface area contributed by atoms with E-state index in [2.05, 4.69) is 50.8 Å². The molecule has 2 aromatic rings. The van der Waals surface area contributed by atoms with Gasteiger partial charge in [-0.3, -0.25) is 0 Å². The minimum atomic E-state index is 0.735. The molecule has 0 aliphatic heterocycles. The van der Waals surface area contributed by atoms with Crippen LogP contribution in [0, 0.1) is 0 Å². The monoisotopic (exact) mass is 350 g/mol. The molecule has 0 heterocycles. The van der Waals surface area contributed by atoms with Gasteiger partial charge in [-0.1, -0.05) is 69.7 Å². The molecule has 0 aliphatic carbocycles. The summed E-state index contributed by atoms with van der Waals surface area (Å²) in [5, 5.41) is 0. The molecule has 0 unspecified atom stereocenters. The van der Waals surface area contributed by atoms with E-state index in [-0.39, 0.29) is 0 Å². The van der Waals surface area contributed by atoms with Crippen LogP contribution in [0.3, 0.4) is 0 Å². The molecule has 0 aliphatic rings. The summed E-state index contributed by atoms with van der Waals surface area (Å²) >= 11 is 0. The standard InChI is InChI=1S/C24H30O2/c1-4-7-16-25-23-14-15-24(26-17-8-5-2)22(19-23)13-12-21-11-9-10-20(6-3)18-21/h6,9-15,18-19H,3-5,7-8,16-17H2,1-2H3. The maximum absolute atomic E-state index is 5.97. The van der Waals surface area contributed by atoms with Crippen molar-refractivity contribution in [2.24, 2.45) is 0 Å². The molecule has 0 amide bonds. The molecule has 0 atom stereocenters. The Hall–Kier alpha value is -2.48. The molecule has 0 radical (unpaired) electrons. The fourth-order valence-electron chi connectivity index (χ4n) is 2.51. The minimum Gasteiger partial charge on any atom is -0.494 e. The highest BCUT2D eigenvalue weighted by Crippen LogP contribution is 2.27. The quantitative estimate of drug-likeness (QED) is 0.325. The summed E-state index contributed by atoms with van der Waals surface area (Å²) in [7, 11) is 0. The number of ether oxygens (including phenoxy) is 2. The van der Waals surface area contributed by atoms with Crippen molar-refractivity contribution in [3.8, 4) is 11.5 Å².